The Kier molecular flexibility index (Phi) is 4.54. The van der Waals surface area contributed by atoms with Gasteiger partial charge in [0.1, 0.15) is 0 Å². The Hall–Kier alpha value is -1.06. The normalized spacial score (nSPS) is 21.2. The molecule has 1 unspecified atom stereocenters. The first-order valence-corrected chi connectivity index (χ1v) is 6.24. The standard InChI is InChI=1S/C13H23NO3/c1-13(2,3)12(16)14-8-6-5-7-10(14)9-11(15)17-4/h10H,5-9H2,1-4H3. The number of carbonyl (C=O) groups excluding carboxylic acids is 2. The monoisotopic (exact) mass is 241 g/mol. The molecule has 0 radical (unpaired) electrons. The number of rotatable bonds is 2. The molecule has 0 N–H and O–H groups in total. The van der Waals surface area contributed by atoms with Crippen molar-refractivity contribution >= 4 is 11.9 Å². The van der Waals surface area contributed by atoms with Gasteiger partial charge in [-0.3, -0.25) is 9.59 Å². The molecular formula is C13H23NO3. The number of amides is 1. The molecule has 0 aromatic heterocycles. The fourth-order valence-electron chi connectivity index (χ4n) is 2.19. The van der Waals surface area contributed by atoms with E-state index in [1.165, 1.54) is 7.11 Å². The van der Waals surface area contributed by atoms with Crippen LogP contribution in [0.4, 0.5) is 0 Å². The second-order valence-corrected chi connectivity index (χ2v) is 5.68. The summed E-state index contributed by atoms with van der Waals surface area (Å²) < 4.78 is 4.69. The fraction of sp³-hybridized carbons (Fsp3) is 0.846. The zero-order chi connectivity index (χ0) is 13.1. The topological polar surface area (TPSA) is 46.6 Å². The molecule has 0 spiro atoms. The van der Waals surface area contributed by atoms with Crippen LogP contribution in [-0.2, 0) is 14.3 Å². The van der Waals surface area contributed by atoms with Crippen molar-refractivity contribution in [3.63, 3.8) is 0 Å². The third-order valence-electron chi connectivity index (χ3n) is 3.16. The van der Waals surface area contributed by atoms with Crippen LogP contribution in [0.5, 0.6) is 0 Å². The maximum atomic E-state index is 12.3. The highest BCUT2D eigenvalue weighted by atomic mass is 16.5. The number of likely N-dealkylation sites (tertiary alicyclic amines) is 1. The van der Waals surface area contributed by atoms with E-state index in [4.69, 9.17) is 0 Å². The Morgan fingerprint density at radius 1 is 1.29 bits per heavy atom. The van der Waals surface area contributed by atoms with Gasteiger partial charge in [-0.2, -0.15) is 0 Å². The second kappa shape index (κ2) is 5.52. The molecule has 0 aromatic carbocycles. The van der Waals surface area contributed by atoms with Crippen molar-refractivity contribution in [1.82, 2.24) is 4.90 Å². The van der Waals surface area contributed by atoms with Crippen molar-refractivity contribution < 1.29 is 14.3 Å². The quantitative estimate of drug-likeness (QED) is 0.694. The number of hydrogen-bond acceptors (Lipinski definition) is 3. The van der Waals surface area contributed by atoms with Crippen LogP contribution >= 0.6 is 0 Å². The maximum Gasteiger partial charge on any atom is 0.307 e. The molecule has 1 heterocycles. The van der Waals surface area contributed by atoms with Crippen LogP contribution in [0.15, 0.2) is 0 Å². The molecule has 1 rings (SSSR count). The van der Waals surface area contributed by atoms with Gasteiger partial charge in [-0.15, -0.1) is 0 Å². The molecule has 17 heavy (non-hydrogen) atoms. The average molecular weight is 241 g/mol. The summed E-state index contributed by atoms with van der Waals surface area (Å²) in [7, 11) is 1.39. The Labute approximate surface area is 103 Å². The number of piperidine rings is 1. The third kappa shape index (κ3) is 3.72. The average Bonchev–Trinajstić information content (AvgIpc) is 2.27. The van der Waals surface area contributed by atoms with E-state index in [9.17, 15) is 9.59 Å². The van der Waals surface area contributed by atoms with Crippen molar-refractivity contribution in [3.05, 3.63) is 0 Å². The van der Waals surface area contributed by atoms with Crippen molar-refractivity contribution in [1.29, 1.82) is 0 Å². The van der Waals surface area contributed by atoms with E-state index >= 15 is 0 Å². The highest BCUT2D eigenvalue weighted by molar-refractivity contribution is 5.82. The van der Waals surface area contributed by atoms with E-state index in [0.29, 0.717) is 6.42 Å². The van der Waals surface area contributed by atoms with Gasteiger partial charge in [0.15, 0.2) is 0 Å². The molecule has 98 valence electrons. The number of esters is 1. The van der Waals surface area contributed by atoms with Crippen molar-refractivity contribution in [2.75, 3.05) is 13.7 Å². The lowest BCUT2D eigenvalue weighted by atomic mass is 9.90. The van der Waals surface area contributed by atoms with Gasteiger partial charge in [-0.05, 0) is 19.3 Å². The first-order valence-electron chi connectivity index (χ1n) is 6.24. The largest absolute Gasteiger partial charge is 0.469 e. The van der Waals surface area contributed by atoms with Crippen LogP contribution in [0.1, 0.15) is 46.5 Å². The minimum atomic E-state index is -0.383. The van der Waals surface area contributed by atoms with Gasteiger partial charge in [0.2, 0.25) is 5.91 Å². The Bertz CT molecular complexity index is 294. The lowest BCUT2D eigenvalue weighted by Gasteiger charge is -2.38. The first-order chi connectivity index (χ1) is 7.86. The van der Waals surface area contributed by atoms with E-state index in [1.54, 1.807) is 0 Å². The predicted molar refractivity (Wildman–Crippen MR) is 65.4 cm³/mol. The SMILES string of the molecule is COC(=O)CC1CCCCN1C(=O)C(C)(C)C. The van der Waals surface area contributed by atoms with Gasteiger partial charge < -0.3 is 9.64 Å². The van der Waals surface area contributed by atoms with Gasteiger partial charge in [0.05, 0.1) is 13.5 Å². The van der Waals surface area contributed by atoms with Crippen LogP contribution in [0.25, 0.3) is 0 Å². The summed E-state index contributed by atoms with van der Waals surface area (Å²) in [6, 6.07) is 0.0166. The number of carbonyl (C=O) groups is 2. The van der Waals surface area contributed by atoms with E-state index in [2.05, 4.69) is 4.74 Å². The summed E-state index contributed by atoms with van der Waals surface area (Å²) in [4.78, 5) is 25.5. The molecule has 1 fully saturated rings. The van der Waals surface area contributed by atoms with Gasteiger partial charge >= 0.3 is 5.97 Å². The van der Waals surface area contributed by atoms with E-state index in [-0.39, 0.29) is 23.3 Å². The van der Waals surface area contributed by atoms with Gasteiger partial charge in [0, 0.05) is 18.0 Å². The van der Waals surface area contributed by atoms with Gasteiger partial charge in [0.25, 0.3) is 0 Å². The predicted octanol–water partition coefficient (Wildman–Crippen LogP) is 1.98. The van der Waals surface area contributed by atoms with Crippen molar-refractivity contribution in [2.24, 2.45) is 5.41 Å². The van der Waals surface area contributed by atoms with Crippen LogP contribution in [0, 0.1) is 5.41 Å². The van der Waals surface area contributed by atoms with Crippen molar-refractivity contribution in [2.45, 2.75) is 52.5 Å². The molecule has 4 heteroatoms. The molecule has 1 aliphatic heterocycles. The van der Waals surface area contributed by atoms with Crippen LogP contribution < -0.4 is 0 Å². The Morgan fingerprint density at radius 2 is 1.94 bits per heavy atom. The second-order valence-electron chi connectivity index (χ2n) is 5.68. The zero-order valence-corrected chi connectivity index (χ0v) is 11.3. The molecule has 0 saturated carbocycles. The molecule has 0 bridgehead atoms. The Morgan fingerprint density at radius 3 is 2.47 bits per heavy atom. The third-order valence-corrected chi connectivity index (χ3v) is 3.16. The summed E-state index contributed by atoms with van der Waals surface area (Å²) in [6.07, 6.45) is 3.32. The molecule has 1 saturated heterocycles. The van der Waals surface area contributed by atoms with Crippen LogP contribution in [0.2, 0.25) is 0 Å². The molecular weight excluding hydrogens is 218 g/mol. The summed E-state index contributed by atoms with van der Waals surface area (Å²) >= 11 is 0. The lowest BCUT2D eigenvalue weighted by molar-refractivity contribution is -0.148. The summed E-state index contributed by atoms with van der Waals surface area (Å²) in [5.74, 6) is -0.102. The van der Waals surface area contributed by atoms with E-state index < -0.39 is 0 Å². The number of ether oxygens (including phenoxy) is 1. The summed E-state index contributed by atoms with van der Waals surface area (Å²) in [6.45, 7) is 6.51. The van der Waals surface area contributed by atoms with Crippen molar-refractivity contribution in [3.8, 4) is 0 Å². The molecule has 4 nitrogen and oxygen atoms in total. The number of methoxy groups -OCH3 is 1. The molecule has 0 aromatic rings. The van der Waals surface area contributed by atoms with Gasteiger partial charge in [-0.25, -0.2) is 0 Å². The van der Waals surface area contributed by atoms with Crippen LogP contribution in [0.3, 0.4) is 0 Å². The minimum Gasteiger partial charge on any atom is -0.469 e. The number of nitrogens with zero attached hydrogens (tertiary/aromatic N) is 1. The van der Waals surface area contributed by atoms with E-state index in [1.807, 2.05) is 25.7 Å². The maximum absolute atomic E-state index is 12.3. The lowest BCUT2D eigenvalue weighted by Crippen LogP contribution is -2.49. The summed E-state index contributed by atoms with van der Waals surface area (Å²) in [5.41, 5.74) is -0.383. The highest BCUT2D eigenvalue weighted by Gasteiger charge is 2.34. The Balaban J connectivity index is 2.72. The molecule has 0 aliphatic carbocycles. The smallest absolute Gasteiger partial charge is 0.307 e. The fourth-order valence-corrected chi connectivity index (χ4v) is 2.19. The number of hydrogen-bond donors (Lipinski definition) is 0. The highest BCUT2D eigenvalue weighted by Crippen LogP contribution is 2.26. The van der Waals surface area contributed by atoms with Crippen LogP contribution in [-0.4, -0.2) is 36.5 Å². The molecule has 1 aliphatic rings. The van der Waals surface area contributed by atoms with Gasteiger partial charge in [-0.1, -0.05) is 20.8 Å². The summed E-state index contributed by atoms with van der Waals surface area (Å²) in [5, 5.41) is 0. The zero-order valence-electron chi connectivity index (χ0n) is 11.3. The first kappa shape index (κ1) is 14.0. The van der Waals surface area contributed by atoms with E-state index in [0.717, 1.165) is 25.8 Å². The molecule has 1 amide bonds. The molecule has 1 atom stereocenters. The minimum absolute atomic E-state index is 0.0166.